The molecule has 0 bridgehead atoms. The molecule has 1 atom stereocenters. The molecule has 0 aromatic carbocycles. The SMILES string of the molecule is CCCNCCC(C)CCc1cc(C)c(Cl)s1. The van der Waals surface area contributed by atoms with Gasteiger partial charge < -0.3 is 5.32 Å². The molecule has 0 spiro atoms. The molecule has 3 heteroatoms. The maximum absolute atomic E-state index is 6.07. The van der Waals surface area contributed by atoms with Crippen molar-refractivity contribution in [1.29, 1.82) is 0 Å². The molecule has 0 aliphatic heterocycles. The predicted octanol–water partition coefficient (Wildman–Crippen LogP) is 4.67. The van der Waals surface area contributed by atoms with Gasteiger partial charge in [0.25, 0.3) is 0 Å². The minimum absolute atomic E-state index is 0.792. The topological polar surface area (TPSA) is 12.0 Å². The molecule has 1 heterocycles. The van der Waals surface area contributed by atoms with Gasteiger partial charge in [0.1, 0.15) is 0 Å². The van der Waals surface area contributed by atoms with E-state index in [4.69, 9.17) is 11.6 Å². The molecular formula is C14H24ClNS. The lowest BCUT2D eigenvalue weighted by molar-refractivity contribution is 0.471. The van der Waals surface area contributed by atoms with E-state index in [-0.39, 0.29) is 0 Å². The molecular weight excluding hydrogens is 250 g/mol. The van der Waals surface area contributed by atoms with Crippen LogP contribution in [0.25, 0.3) is 0 Å². The number of nitrogens with one attached hydrogen (secondary N) is 1. The monoisotopic (exact) mass is 273 g/mol. The number of aryl methyl sites for hydroxylation is 2. The van der Waals surface area contributed by atoms with E-state index in [1.807, 2.05) is 0 Å². The molecule has 17 heavy (non-hydrogen) atoms. The van der Waals surface area contributed by atoms with Gasteiger partial charge in [0.15, 0.2) is 0 Å². The summed E-state index contributed by atoms with van der Waals surface area (Å²) in [6, 6.07) is 2.23. The average molecular weight is 274 g/mol. The van der Waals surface area contributed by atoms with Crippen LogP contribution >= 0.6 is 22.9 Å². The summed E-state index contributed by atoms with van der Waals surface area (Å²) in [6.45, 7) is 8.93. The Balaban J connectivity index is 2.17. The smallest absolute Gasteiger partial charge is 0.0960 e. The summed E-state index contributed by atoms with van der Waals surface area (Å²) in [5, 5.41) is 3.46. The van der Waals surface area contributed by atoms with Crippen LogP contribution in [-0.2, 0) is 6.42 Å². The summed E-state index contributed by atoms with van der Waals surface area (Å²) in [5.41, 5.74) is 1.23. The number of hydrogen-bond donors (Lipinski definition) is 1. The highest BCUT2D eigenvalue weighted by Crippen LogP contribution is 2.28. The van der Waals surface area contributed by atoms with Crippen molar-refractivity contribution in [2.24, 2.45) is 5.92 Å². The lowest BCUT2D eigenvalue weighted by Gasteiger charge is -2.10. The van der Waals surface area contributed by atoms with Crippen LogP contribution in [0.15, 0.2) is 6.07 Å². The Labute approximate surface area is 115 Å². The molecule has 1 rings (SSSR count). The van der Waals surface area contributed by atoms with Gasteiger partial charge >= 0.3 is 0 Å². The Morgan fingerprint density at radius 3 is 2.71 bits per heavy atom. The average Bonchev–Trinajstić information content (AvgIpc) is 2.62. The molecule has 1 aromatic rings. The minimum atomic E-state index is 0.792. The third kappa shape index (κ3) is 5.89. The van der Waals surface area contributed by atoms with E-state index in [0.29, 0.717) is 0 Å². The summed E-state index contributed by atoms with van der Waals surface area (Å²) in [7, 11) is 0. The number of halogens is 1. The first kappa shape index (κ1) is 15.0. The second kappa shape index (κ2) is 8.12. The fourth-order valence-electron chi connectivity index (χ4n) is 1.83. The standard InChI is InChI=1S/C14H24ClNS/c1-4-8-16-9-7-11(2)5-6-13-10-12(3)14(15)17-13/h10-11,16H,4-9H2,1-3H3. The van der Waals surface area contributed by atoms with E-state index in [1.54, 1.807) is 11.3 Å². The first-order valence-electron chi connectivity index (χ1n) is 6.59. The van der Waals surface area contributed by atoms with Crippen molar-refractivity contribution >= 4 is 22.9 Å². The van der Waals surface area contributed by atoms with E-state index in [2.05, 4.69) is 32.2 Å². The minimum Gasteiger partial charge on any atom is -0.317 e. The van der Waals surface area contributed by atoms with Crippen LogP contribution in [0.1, 0.15) is 43.6 Å². The Hall–Kier alpha value is -0.0500. The van der Waals surface area contributed by atoms with Crippen LogP contribution < -0.4 is 5.32 Å². The Morgan fingerprint density at radius 2 is 2.12 bits per heavy atom. The zero-order chi connectivity index (χ0) is 12.7. The zero-order valence-corrected chi connectivity index (χ0v) is 12.8. The van der Waals surface area contributed by atoms with E-state index < -0.39 is 0 Å². The van der Waals surface area contributed by atoms with Gasteiger partial charge in [-0.3, -0.25) is 0 Å². The van der Waals surface area contributed by atoms with Crippen molar-refractivity contribution < 1.29 is 0 Å². The van der Waals surface area contributed by atoms with Crippen molar-refractivity contribution in [2.45, 2.75) is 46.5 Å². The van der Waals surface area contributed by atoms with Crippen LogP contribution in [0.5, 0.6) is 0 Å². The molecule has 0 saturated carbocycles. The van der Waals surface area contributed by atoms with Gasteiger partial charge in [0.2, 0.25) is 0 Å². The summed E-state index contributed by atoms with van der Waals surface area (Å²) in [6.07, 6.45) is 4.94. The van der Waals surface area contributed by atoms with Crippen molar-refractivity contribution in [3.05, 3.63) is 20.8 Å². The van der Waals surface area contributed by atoms with E-state index in [0.717, 1.165) is 23.3 Å². The Kier molecular flexibility index (Phi) is 7.17. The van der Waals surface area contributed by atoms with Gasteiger partial charge in [0.05, 0.1) is 4.34 Å². The maximum Gasteiger partial charge on any atom is 0.0960 e. The van der Waals surface area contributed by atoms with Gasteiger partial charge in [-0.2, -0.15) is 0 Å². The van der Waals surface area contributed by atoms with Gasteiger partial charge in [-0.25, -0.2) is 0 Å². The highest BCUT2D eigenvalue weighted by Gasteiger charge is 2.06. The molecule has 1 aromatic heterocycles. The number of thiophene rings is 1. The van der Waals surface area contributed by atoms with Crippen molar-refractivity contribution in [2.75, 3.05) is 13.1 Å². The van der Waals surface area contributed by atoms with E-state index in [1.165, 1.54) is 36.1 Å². The second-order valence-electron chi connectivity index (χ2n) is 4.85. The first-order valence-corrected chi connectivity index (χ1v) is 7.78. The van der Waals surface area contributed by atoms with E-state index in [9.17, 15) is 0 Å². The summed E-state index contributed by atoms with van der Waals surface area (Å²) in [4.78, 5) is 1.43. The molecule has 98 valence electrons. The number of rotatable bonds is 8. The van der Waals surface area contributed by atoms with Crippen molar-refractivity contribution in [1.82, 2.24) is 5.32 Å². The fraction of sp³-hybridized carbons (Fsp3) is 0.714. The zero-order valence-electron chi connectivity index (χ0n) is 11.2. The van der Waals surface area contributed by atoms with Crippen LogP contribution in [0.3, 0.4) is 0 Å². The molecule has 0 saturated heterocycles. The number of hydrogen-bond acceptors (Lipinski definition) is 2. The highest BCUT2D eigenvalue weighted by atomic mass is 35.5. The van der Waals surface area contributed by atoms with Gasteiger partial charge in [-0.05, 0) is 63.2 Å². The van der Waals surface area contributed by atoms with Crippen LogP contribution in [0, 0.1) is 12.8 Å². The summed E-state index contributed by atoms with van der Waals surface area (Å²) >= 11 is 7.81. The quantitative estimate of drug-likeness (QED) is 0.679. The van der Waals surface area contributed by atoms with Gasteiger partial charge in [0, 0.05) is 4.88 Å². The summed E-state index contributed by atoms with van der Waals surface area (Å²) < 4.78 is 0.956. The van der Waals surface area contributed by atoms with Crippen LogP contribution in [0.2, 0.25) is 4.34 Å². The van der Waals surface area contributed by atoms with Crippen LogP contribution in [0.4, 0.5) is 0 Å². The molecule has 1 nitrogen and oxygen atoms in total. The normalized spacial score (nSPS) is 12.9. The first-order chi connectivity index (χ1) is 8.13. The molecule has 0 fully saturated rings. The lowest BCUT2D eigenvalue weighted by atomic mass is 10.0. The molecule has 0 aliphatic rings. The van der Waals surface area contributed by atoms with Crippen LogP contribution in [-0.4, -0.2) is 13.1 Å². The highest BCUT2D eigenvalue weighted by molar-refractivity contribution is 7.16. The van der Waals surface area contributed by atoms with Gasteiger partial charge in [-0.1, -0.05) is 25.4 Å². The molecule has 0 amide bonds. The molecule has 1 unspecified atom stereocenters. The van der Waals surface area contributed by atoms with Gasteiger partial charge in [-0.15, -0.1) is 11.3 Å². The Bertz CT molecular complexity index is 303. The molecule has 0 radical (unpaired) electrons. The van der Waals surface area contributed by atoms with E-state index >= 15 is 0 Å². The second-order valence-corrected chi connectivity index (χ2v) is 6.59. The van der Waals surface area contributed by atoms with Crippen molar-refractivity contribution in [3.8, 4) is 0 Å². The summed E-state index contributed by atoms with van der Waals surface area (Å²) in [5.74, 6) is 0.792. The molecule has 1 N–H and O–H groups in total. The Morgan fingerprint density at radius 1 is 1.35 bits per heavy atom. The third-order valence-corrected chi connectivity index (χ3v) is 4.65. The maximum atomic E-state index is 6.07. The van der Waals surface area contributed by atoms with Crippen molar-refractivity contribution in [3.63, 3.8) is 0 Å². The predicted molar refractivity (Wildman–Crippen MR) is 79.3 cm³/mol. The molecule has 0 aliphatic carbocycles. The third-order valence-electron chi connectivity index (χ3n) is 3.03. The lowest BCUT2D eigenvalue weighted by Crippen LogP contribution is -2.18. The fourth-order valence-corrected chi connectivity index (χ4v) is 3.09. The largest absolute Gasteiger partial charge is 0.317 e.